The van der Waals surface area contributed by atoms with Gasteiger partial charge < -0.3 is 9.26 Å². The van der Waals surface area contributed by atoms with Crippen LogP contribution in [-0.2, 0) is 29.4 Å². The summed E-state index contributed by atoms with van der Waals surface area (Å²) >= 11 is 0. The topological polar surface area (TPSA) is 85.5 Å². The Kier molecular flexibility index (Phi) is 5.62. The highest BCUT2D eigenvalue weighted by Gasteiger charge is 2.28. The van der Waals surface area contributed by atoms with Crippen LogP contribution >= 0.6 is 0 Å². The zero-order valence-electron chi connectivity index (χ0n) is 17.4. The Hall–Kier alpha value is -2.71. The average Bonchev–Trinajstić information content (AvgIpc) is 3.21. The first-order valence-corrected chi connectivity index (χ1v) is 11.4. The van der Waals surface area contributed by atoms with Gasteiger partial charge in [-0.25, -0.2) is 8.42 Å². The van der Waals surface area contributed by atoms with E-state index in [9.17, 15) is 8.42 Å². The molecular weight excluding hydrogens is 402 g/mol. The second-order valence-electron chi connectivity index (χ2n) is 7.57. The van der Waals surface area contributed by atoms with Crippen LogP contribution in [0.15, 0.2) is 45.8 Å². The number of aromatic nitrogens is 2. The van der Waals surface area contributed by atoms with Crippen LogP contribution in [0.4, 0.5) is 0 Å². The van der Waals surface area contributed by atoms with Crippen LogP contribution in [0.25, 0.3) is 11.4 Å². The predicted octanol–water partition coefficient (Wildman–Crippen LogP) is 3.75. The van der Waals surface area contributed by atoms with E-state index >= 15 is 0 Å². The van der Waals surface area contributed by atoms with Crippen molar-refractivity contribution in [3.8, 4) is 17.1 Å². The summed E-state index contributed by atoms with van der Waals surface area (Å²) in [6, 6.07) is 11.3. The number of nitrogens with zero attached hydrogens (tertiary/aromatic N) is 3. The number of ether oxygens (including phenoxy) is 1. The molecule has 0 atom stereocenters. The van der Waals surface area contributed by atoms with Crippen molar-refractivity contribution in [3.63, 3.8) is 0 Å². The van der Waals surface area contributed by atoms with E-state index in [-0.39, 0.29) is 17.3 Å². The van der Waals surface area contributed by atoms with Gasteiger partial charge in [0.2, 0.25) is 21.7 Å². The molecule has 0 bridgehead atoms. The summed E-state index contributed by atoms with van der Waals surface area (Å²) in [7, 11) is -0.795. The van der Waals surface area contributed by atoms with Gasteiger partial charge in [-0.1, -0.05) is 29.4 Å². The summed E-state index contributed by atoms with van der Waals surface area (Å²) in [5.74, 6) is 1.05. The quantitative estimate of drug-likeness (QED) is 0.596. The van der Waals surface area contributed by atoms with E-state index in [1.54, 1.807) is 6.07 Å². The van der Waals surface area contributed by atoms with E-state index in [2.05, 4.69) is 10.1 Å². The summed E-state index contributed by atoms with van der Waals surface area (Å²) in [6.07, 6.45) is 4.02. The molecule has 0 saturated heterocycles. The lowest BCUT2D eigenvalue weighted by Crippen LogP contribution is -2.27. The fraction of sp³-hybridized carbons (Fsp3) is 0.364. The van der Waals surface area contributed by atoms with Gasteiger partial charge in [-0.05, 0) is 61.4 Å². The SMILES string of the molecule is COc1cc2c(cc1S(=O)(=O)N(C)Cc1nc(-c3ccccc3C)no1)CCCC2. The molecule has 158 valence electrons. The molecular formula is C22H25N3O4S. The minimum atomic E-state index is -3.80. The molecule has 0 amide bonds. The largest absolute Gasteiger partial charge is 0.495 e. The number of rotatable bonds is 6. The van der Waals surface area contributed by atoms with Gasteiger partial charge in [0.1, 0.15) is 10.6 Å². The highest BCUT2D eigenvalue weighted by Crippen LogP contribution is 2.33. The van der Waals surface area contributed by atoms with Gasteiger partial charge in [0.05, 0.1) is 13.7 Å². The lowest BCUT2D eigenvalue weighted by atomic mass is 9.92. The zero-order chi connectivity index (χ0) is 21.3. The second-order valence-corrected chi connectivity index (χ2v) is 9.58. The molecule has 0 spiro atoms. The highest BCUT2D eigenvalue weighted by molar-refractivity contribution is 7.89. The maximum Gasteiger partial charge on any atom is 0.246 e. The molecule has 8 heteroatoms. The van der Waals surface area contributed by atoms with Gasteiger partial charge in [0, 0.05) is 12.6 Å². The second kappa shape index (κ2) is 8.20. The molecule has 7 nitrogen and oxygen atoms in total. The van der Waals surface area contributed by atoms with E-state index in [1.165, 1.54) is 24.0 Å². The smallest absolute Gasteiger partial charge is 0.246 e. The fourth-order valence-corrected chi connectivity index (χ4v) is 5.10. The lowest BCUT2D eigenvalue weighted by molar-refractivity contribution is 0.335. The molecule has 2 aromatic carbocycles. The van der Waals surface area contributed by atoms with E-state index in [1.807, 2.05) is 37.3 Å². The Morgan fingerprint density at radius 1 is 1.13 bits per heavy atom. The first-order chi connectivity index (χ1) is 14.4. The number of hydrogen-bond acceptors (Lipinski definition) is 6. The third-order valence-corrected chi connectivity index (χ3v) is 7.35. The van der Waals surface area contributed by atoms with Crippen molar-refractivity contribution in [2.45, 2.75) is 44.0 Å². The Morgan fingerprint density at radius 2 is 1.83 bits per heavy atom. The van der Waals surface area contributed by atoms with Crippen molar-refractivity contribution in [2.24, 2.45) is 0 Å². The summed E-state index contributed by atoms with van der Waals surface area (Å²) in [5.41, 5.74) is 4.12. The molecule has 0 N–H and O–H groups in total. The monoisotopic (exact) mass is 427 g/mol. The number of sulfonamides is 1. The van der Waals surface area contributed by atoms with Crippen molar-refractivity contribution in [3.05, 3.63) is 59.0 Å². The van der Waals surface area contributed by atoms with Gasteiger partial charge >= 0.3 is 0 Å². The van der Waals surface area contributed by atoms with Crippen molar-refractivity contribution in [1.29, 1.82) is 0 Å². The number of benzene rings is 2. The van der Waals surface area contributed by atoms with Gasteiger partial charge in [-0.3, -0.25) is 0 Å². The van der Waals surface area contributed by atoms with E-state index < -0.39 is 10.0 Å². The van der Waals surface area contributed by atoms with Crippen LogP contribution in [0.2, 0.25) is 0 Å². The van der Waals surface area contributed by atoms with Crippen molar-refractivity contribution < 1.29 is 17.7 Å². The molecule has 4 rings (SSSR count). The van der Waals surface area contributed by atoms with Crippen molar-refractivity contribution in [1.82, 2.24) is 14.4 Å². The van der Waals surface area contributed by atoms with Crippen LogP contribution in [0.3, 0.4) is 0 Å². The standard InChI is InChI=1S/C22H25N3O4S/c1-15-8-4-7-11-18(15)22-23-21(29-24-22)14-25(2)30(26,27)20-13-17-10-6-5-9-16(17)12-19(20)28-3/h4,7-8,11-13H,5-6,9-10,14H2,1-3H3. The Labute approximate surface area is 176 Å². The molecule has 0 aliphatic heterocycles. The van der Waals surface area contributed by atoms with Gasteiger partial charge in [0.25, 0.3) is 0 Å². The molecule has 0 unspecified atom stereocenters. The third kappa shape index (κ3) is 3.85. The first kappa shape index (κ1) is 20.6. The maximum atomic E-state index is 13.3. The molecule has 30 heavy (non-hydrogen) atoms. The van der Waals surface area contributed by atoms with Gasteiger partial charge in [-0.2, -0.15) is 9.29 Å². The minimum absolute atomic E-state index is 0.0263. The first-order valence-electron chi connectivity index (χ1n) is 9.95. The number of aryl methyl sites for hydroxylation is 3. The average molecular weight is 428 g/mol. The highest BCUT2D eigenvalue weighted by atomic mass is 32.2. The Morgan fingerprint density at radius 3 is 2.53 bits per heavy atom. The van der Waals surface area contributed by atoms with Crippen LogP contribution < -0.4 is 4.74 Å². The molecule has 1 aliphatic carbocycles. The predicted molar refractivity (Wildman–Crippen MR) is 113 cm³/mol. The molecule has 0 radical (unpaired) electrons. The van der Waals surface area contributed by atoms with Crippen LogP contribution in [0.1, 0.15) is 35.4 Å². The fourth-order valence-electron chi connectivity index (χ4n) is 3.80. The van der Waals surface area contributed by atoms with E-state index in [4.69, 9.17) is 9.26 Å². The molecule has 3 aromatic rings. The van der Waals surface area contributed by atoms with Crippen LogP contribution in [0.5, 0.6) is 5.75 Å². The van der Waals surface area contributed by atoms with Crippen molar-refractivity contribution in [2.75, 3.05) is 14.2 Å². The summed E-state index contributed by atoms with van der Waals surface area (Å²) < 4.78 is 38.5. The maximum absolute atomic E-state index is 13.3. The third-order valence-electron chi connectivity index (χ3n) is 5.53. The number of hydrogen-bond donors (Lipinski definition) is 0. The van der Waals surface area contributed by atoms with Crippen molar-refractivity contribution >= 4 is 10.0 Å². The summed E-state index contributed by atoms with van der Waals surface area (Å²) in [5, 5.41) is 4.01. The van der Waals surface area contributed by atoms with Gasteiger partial charge in [-0.15, -0.1) is 0 Å². The Balaban J connectivity index is 1.61. The Bertz CT molecular complexity index is 1170. The number of methoxy groups -OCH3 is 1. The summed E-state index contributed by atoms with van der Waals surface area (Å²) in [4.78, 5) is 4.56. The molecule has 1 aliphatic rings. The summed E-state index contributed by atoms with van der Waals surface area (Å²) in [6.45, 7) is 1.94. The normalized spacial score (nSPS) is 14.0. The van der Waals surface area contributed by atoms with E-state index in [0.29, 0.717) is 11.6 Å². The lowest BCUT2D eigenvalue weighted by Gasteiger charge is -2.22. The molecule has 0 saturated carbocycles. The molecule has 1 aromatic heterocycles. The van der Waals surface area contributed by atoms with Crippen LogP contribution in [0, 0.1) is 6.92 Å². The number of fused-ring (bicyclic) bond motifs is 1. The molecule has 1 heterocycles. The van der Waals surface area contributed by atoms with Crippen LogP contribution in [-0.4, -0.2) is 37.0 Å². The molecule has 0 fully saturated rings. The van der Waals surface area contributed by atoms with E-state index in [0.717, 1.165) is 42.4 Å². The minimum Gasteiger partial charge on any atom is -0.495 e. The van der Waals surface area contributed by atoms with Gasteiger partial charge in [0.15, 0.2) is 0 Å². The zero-order valence-corrected chi connectivity index (χ0v) is 18.2.